The molecule has 1 saturated heterocycles. The number of nitrogens with zero attached hydrogens (tertiary/aromatic N) is 3. The average Bonchev–Trinajstić information content (AvgIpc) is 1.62. The van der Waals surface area contributed by atoms with Crippen LogP contribution in [0.2, 0.25) is 0 Å². The molecule has 2 aliphatic rings. The van der Waals surface area contributed by atoms with Gasteiger partial charge in [0.1, 0.15) is 0 Å². The van der Waals surface area contributed by atoms with Gasteiger partial charge in [-0.2, -0.15) is 16.8 Å². The summed E-state index contributed by atoms with van der Waals surface area (Å²) in [4.78, 5) is 46.2. The molecule has 5 rings (SSSR count). The van der Waals surface area contributed by atoms with Crippen molar-refractivity contribution in [2.24, 2.45) is 0 Å². The Kier molecular flexibility index (Phi) is 33.7. The van der Waals surface area contributed by atoms with Gasteiger partial charge in [-0.1, -0.05) is 26.8 Å². The zero-order valence-electron chi connectivity index (χ0n) is 53.0. The van der Waals surface area contributed by atoms with E-state index in [2.05, 4.69) is 25.7 Å². The van der Waals surface area contributed by atoms with Gasteiger partial charge in [-0.05, 0) is 79.1 Å². The summed E-state index contributed by atoms with van der Waals surface area (Å²) in [5, 5.41) is 1.36. The molecule has 3 aromatic rings. The molecule has 2 amide bonds. The summed E-state index contributed by atoms with van der Waals surface area (Å²) in [6, 6.07) is 12.1. The van der Waals surface area contributed by atoms with Crippen molar-refractivity contribution < 1.29 is 106 Å². The molecular weight excluding hydrogens is 1220 g/mol. The van der Waals surface area contributed by atoms with Crippen LogP contribution in [0.5, 0.6) is 0 Å². The van der Waals surface area contributed by atoms with Crippen LogP contribution in [0.1, 0.15) is 83.1 Å². The number of hydrogen-bond donors (Lipinski definition) is 2. The number of imide groups is 1. The van der Waals surface area contributed by atoms with Crippen LogP contribution in [-0.4, -0.2) is 234 Å². The summed E-state index contributed by atoms with van der Waals surface area (Å²) >= 11 is 0. The number of methoxy groups -OCH3 is 2. The van der Waals surface area contributed by atoms with Gasteiger partial charge in [0.05, 0.1) is 167 Å². The van der Waals surface area contributed by atoms with Crippen LogP contribution in [0.15, 0.2) is 69.6 Å². The highest BCUT2D eigenvalue weighted by Gasteiger charge is 2.44. The number of hydrogen-bond acceptors (Lipinski definition) is 22. The Labute approximate surface area is 529 Å². The fourth-order valence-electron chi connectivity index (χ4n) is 9.79. The van der Waals surface area contributed by atoms with Gasteiger partial charge in [0, 0.05) is 87.7 Å². The largest absolute Gasteiger partial charge is 0.382 e. The number of anilines is 2. The van der Waals surface area contributed by atoms with E-state index in [1.165, 1.54) is 18.2 Å². The van der Waals surface area contributed by atoms with Gasteiger partial charge in [-0.15, -0.1) is 5.06 Å². The minimum atomic E-state index is -4.70. The Hall–Kier alpha value is -5.12. The van der Waals surface area contributed by atoms with Crippen LogP contribution in [0, 0.1) is 0 Å². The Morgan fingerprint density at radius 3 is 1.58 bits per heavy atom. The maximum atomic E-state index is 13.0. The molecule has 1 unspecified atom stereocenters. The van der Waals surface area contributed by atoms with Crippen molar-refractivity contribution in [3.05, 3.63) is 77.2 Å². The molecule has 0 aliphatic carbocycles. The first kappa shape index (κ1) is 75.6. The van der Waals surface area contributed by atoms with Gasteiger partial charge in [-0.3, -0.25) is 18.7 Å². The first-order valence-electron chi connectivity index (χ1n) is 30.4. The number of carbonyl (C=O) groups is 3. The number of hydroxylamine groups is 2. The molecule has 0 bridgehead atoms. The maximum absolute atomic E-state index is 13.0. The number of fused-ring (bicyclic) bond motifs is 2. The van der Waals surface area contributed by atoms with E-state index >= 15 is 0 Å². The van der Waals surface area contributed by atoms with Crippen LogP contribution in [-0.2, 0) is 107 Å². The van der Waals surface area contributed by atoms with Crippen molar-refractivity contribution in [2.45, 2.75) is 81.9 Å². The zero-order valence-corrected chi connectivity index (χ0v) is 54.7. The normalized spacial score (nSPS) is 16.0. The van der Waals surface area contributed by atoms with E-state index in [1.807, 2.05) is 36.1 Å². The first-order valence-corrected chi connectivity index (χ1v) is 33.4. The van der Waals surface area contributed by atoms with Crippen LogP contribution in [0.25, 0.3) is 17.0 Å². The number of ether oxygens (including phenoxy) is 12. The minimum Gasteiger partial charge on any atom is -0.382 e. The number of rotatable bonds is 49. The van der Waals surface area contributed by atoms with E-state index in [4.69, 9.17) is 66.1 Å². The number of benzene rings is 2. The summed E-state index contributed by atoms with van der Waals surface area (Å²) in [5.41, 5.74) is 2.49. The van der Waals surface area contributed by atoms with E-state index in [0.29, 0.717) is 192 Å². The molecule has 0 radical (unpaired) electrons. The molecule has 1 atom stereocenters. The minimum absolute atomic E-state index is 0.0298. The molecule has 2 aliphatic heterocycles. The van der Waals surface area contributed by atoms with Gasteiger partial charge in [-0.25, -0.2) is 9.21 Å². The smallest absolute Gasteiger partial charge is 0.363 e. The molecule has 2 N–H and O–H groups in total. The van der Waals surface area contributed by atoms with E-state index in [-0.39, 0.29) is 55.4 Å². The molecule has 2 aromatic carbocycles. The summed E-state index contributed by atoms with van der Waals surface area (Å²) in [6.07, 6.45) is 5.20. The molecule has 0 saturated carbocycles. The molecule has 1 fully saturated rings. The first-order chi connectivity index (χ1) is 43.2. The summed E-state index contributed by atoms with van der Waals surface area (Å²) in [5.74, 6) is -2.17. The van der Waals surface area contributed by atoms with Crippen molar-refractivity contribution >= 4 is 66.4 Å². The zero-order chi connectivity index (χ0) is 65.3. The van der Waals surface area contributed by atoms with Gasteiger partial charge < -0.3 is 71.5 Å². The van der Waals surface area contributed by atoms with Crippen molar-refractivity contribution in [3.8, 4) is 0 Å². The molecule has 90 heavy (non-hydrogen) atoms. The topological polar surface area (TPSA) is 301 Å². The molecule has 506 valence electrons. The third kappa shape index (κ3) is 26.8. The monoisotopic (exact) mass is 1310 g/mol. The SMILES string of the molecule is COCCOCCOCCOCCOCCOCCN(CCOCCOCCOCCOCCOCCOC)c1ccc2c(C(C)(C)C)cc(/C=C/C=C3/N(CCCS(=O)(=O)O)c4ccc(S(=O)(=O)O)cc4C3(C)CCCC(=O)ON3C(=O)CCC3=O)[o+]c2c1. The summed E-state index contributed by atoms with van der Waals surface area (Å²) in [6.45, 7) is 18.9. The third-order valence-corrected chi connectivity index (χ3v) is 16.0. The Morgan fingerprint density at radius 2 is 1.12 bits per heavy atom. The fraction of sp³-hybridized carbons (Fsp3) is 0.645. The van der Waals surface area contributed by atoms with Crippen molar-refractivity contribution in [2.75, 3.05) is 195 Å². The predicted octanol–water partition coefficient (Wildman–Crippen LogP) is 6.25. The highest BCUT2D eigenvalue weighted by Crippen LogP contribution is 2.51. The van der Waals surface area contributed by atoms with E-state index < -0.39 is 49.2 Å². The van der Waals surface area contributed by atoms with E-state index in [9.17, 15) is 40.3 Å². The van der Waals surface area contributed by atoms with Crippen LogP contribution < -0.4 is 9.80 Å². The van der Waals surface area contributed by atoms with Crippen LogP contribution >= 0.6 is 0 Å². The second-order valence-electron chi connectivity index (χ2n) is 22.2. The number of allylic oxidation sites excluding steroid dienone is 3. The highest BCUT2D eigenvalue weighted by molar-refractivity contribution is 7.86. The Morgan fingerprint density at radius 1 is 0.644 bits per heavy atom. The molecule has 26 nitrogen and oxygen atoms in total. The number of amides is 2. The van der Waals surface area contributed by atoms with Crippen molar-refractivity contribution in [3.63, 3.8) is 0 Å². The lowest BCUT2D eigenvalue weighted by atomic mass is 9.77. The molecule has 1 aromatic heterocycles. The van der Waals surface area contributed by atoms with Gasteiger partial charge in [0.2, 0.25) is 0 Å². The standard InChI is InChI=1S/C62H93N3O23S2/c1-61(2,3)53-47-50(10-7-11-57-62(4,19-8-12-60(68)88-65-58(66)17-18-59(65)67)54-48-51(90(72,73)74)14-16-55(54)64(57)20-9-45-89(69,70)71)87-56-46-49(13-15-52(53)56)63(21-23-77-29-31-81-37-39-85-43-41-83-35-33-79-27-25-75-5)22-24-78-30-32-82-38-40-86-44-42-84-36-34-80-28-26-76-6/h7,10-11,13-16,46-48H,8-9,12,17-45H2,1-6H3,(H-,69,70,71,72,73,74)/p+1/b10-7+,57-11+. The van der Waals surface area contributed by atoms with Crippen LogP contribution in [0.4, 0.5) is 11.4 Å². The molecule has 28 heteroatoms. The lowest BCUT2D eigenvalue weighted by molar-refractivity contribution is -0.197. The molecule has 0 spiro atoms. The highest BCUT2D eigenvalue weighted by atomic mass is 32.2. The molecular formula is C62H94N3O23S2+. The predicted molar refractivity (Wildman–Crippen MR) is 334 cm³/mol. The van der Waals surface area contributed by atoms with Gasteiger partial charge in [0.15, 0.2) is 0 Å². The second-order valence-corrected chi connectivity index (χ2v) is 25.2. The van der Waals surface area contributed by atoms with Crippen molar-refractivity contribution in [1.29, 1.82) is 0 Å². The second kappa shape index (κ2) is 40.1. The Bertz CT molecular complexity index is 2900. The van der Waals surface area contributed by atoms with Gasteiger partial charge in [0.25, 0.3) is 32.1 Å². The van der Waals surface area contributed by atoms with E-state index in [1.54, 1.807) is 32.4 Å². The molecule has 3 heterocycles. The van der Waals surface area contributed by atoms with Crippen LogP contribution in [0.3, 0.4) is 0 Å². The maximum Gasteiger partial charge on any atom is 0.363 e. The third-order valence-electron chi connectivity index (χ3n) is 14.4. The average molecular weight is 1310 g/mol. The number of carbonyl (C=O) groups excluding carboxylic acids is 3. The van der Waals surface area contributed by atoms with E-state index in [0.717, 1.165) is 16.6 Å². The quantitative estimate of drug-likeness (QED) is 0.0273. The fourth-order valence-corrected chi connectivity index (χ4v) is 10.8. The van der Waals surface area contributed by atoms with Gasteiger partial charge >= 0.3 is 17.3 Å². The lowest BCUT2D eigenvalue weighted by Crippen LogP contribution is -2.32. The summed E-state index contributed by atoms with van der Waals surface area (Å²) < 4.78 is 142. The van der Waals surface area contributed by atoms with Crippen molar-refractivity contribution in [1.82, 2.24) is 5.06 Å². The summed E-state index contributed by atoms with van der Waals surface area (Å²) in [7, 11) is -5.82. The lowest BCUT2D eigenvalue weighted by Gasteiger charge is -2.30. The Balaban J connectivity index is 1.32.